The van der Waals surface area contributed by atoms with Crippen molar-refractivity contribution in [3.05, 3.63) is 0 Å². The van der Waals surface area contributed by atoms with Gasteiger partial charge >= 0.3 is 0 Å². The molecule has 0 radical (unpaired) electrons. The summed E-state index contributed by atoms with van der Waals surface area (Å²) >= 11 is 0. The first-order valence-corrected chi connectivity index (χ1v) is 6.39. The second kappa shape index (κ2) is 5.96. The molecule has 0 spiro atoms. The molecule has 2 saturated heterocycles. The van der Waals surface area contributed by atoms with E-state index < -0.39 is 0 Å². The van der Waals surface area contributed by atoms with E-state index in [2.05, 4.69) is 4.90 Å². The monoisotopic (exact) mass is 228 g/mol. The predicted octanol–water partition coefficient (Wildman–Crippen LogP) is 0.461. The summed E-state index contributed by atoms with van der Waals surface area (Å²) in [6.07, 6.45) is 3.98. The molecule has 16 heavy (non-hydrogen) atoms. The molecule has 4 heteroatoms. The number of ether oxygens (including phenoxy) is 2. The molecule has 2 aliphatic rings. The van der Waals surface area contributed by atoms with Gasteiger partial charge in [-0.15, -0.1) is 0 Å². The van der Waals surface area contributed by atoms with Gasteiger partial charge in [0.1, 0.15) is 0 Å². The number of hydrogen-bond acceptors (Lipinski definition) is 4. The van der Waals surface area contributed by atoms with Crippen molar-refractivity contribution in [2.45, 2.75) is 31.4 Å². The van der Waals surface area contributed by atoms with Crippen LogP contribution in [0.5, 0.6) is 0 Å². The van der Waals surface area contributed by atoms with Crippen LogP contribution in [0.15, 0.2) is 0 Å². The molecule has 0 saturated carbocycles. The van der Waals surface area contributed by atoms with Crippen LogP contribution < -0.4 is 5.73 Å². The van der Waals surface area contributed by atoms with Crippen molar-refractivity contribution in [2.24, 2.45) is 11.7 Å². The number of methoxy groups -OCH3 is 1. The third-order valence-electron chi connectivity index (χ3n) is 3.96. The lowest BCUT2D eigenvalue weighted by atomic mass is 9.93. The summed E-state index contributed by atoms with van der Waals surface area (Å²) in [5, 5.41) is 0. The highest BCUT2D eigenvalue weighted by atomic mass is 16.5. The maximum absolute atomic E-state index is 5.93. The van der Waals surface area contributed by atoms with Crippen LogP contribution >= 0.6 is 0 Å². The Morgan fingerprint density at radius 1 is 1.50 bits per heavy atom. The highest BCUT2D eigenvalue weighted by molar-refractivity contribution is 4.87. The fraction of sp³-hybridized carbons (Fsp3) is 1.00. The lowest BCUT2D eigenvalue weighted by molar-refractivity contribution is 0.0122. The molecule has 0 aromatic heterocycles. The van der Waals surface area contributed by atoms with Crippen molar-refractivity contribution in [1.29, 1.82) is 0 Å². The van der Waals surface area contributed by atoms with Gasteiger partial charge in [-0.25, -0.2) is 0 Å². The zero-order valence-corrected chi connectivity index (χ0v) is 10.2. The van der Waals surface area contributed by atoms with Gasteiger partial charge in [-0.2, -0.15) is 0 Å². The van der Waals surface area contributed by atoms with Gasteiger partial charge in [-0.05, 0) is 25.2 Å². The Hall–Kier alpha value is -0.160. The van der Waals surface area contributed by atoms with E-state index in [1.54, 1.807) is 7.11 Å². The third kappa shape index (κ3) is 2.74. The molecule has 3 atom stereocenters. The summed E-state index contributed by atoms with van der Waals surface area (Å²) < 4.78 is 11.0. The molecular weight excluding hydrogens is 204 g/mol. The van der Waals surface area contributed by atoms with E-state index in [9.17, 15) is 0 Å². The second-order valence-corrected chi connectivity index (χ2v) is 4.92. The van der Waals surface area contributed by atoms with Crippen molar-refractivity contribution >= 4 is 0 Å². The normalized spacial score (nSPS) is 34.1. The Bertz CT molecular complexity index is 207. The number of nitrogens with two attached hydrogens (primary N) is 1. The Balaban J connectivity index is 1.88. The molecule has 2 aliphatic heterocycles. The van der Waals surface area contributed by atoms with E-state index in [0.717, 1.165) is 39.3 Å². The minimum absolute atomic E-state index is 0.401. The highest BCUT2D eigenvalue weighted by Gasteiger charge is 2.33. The molecule has 3 unspecified atom stereocenters. The van der Waals surface area contributed by atoms with Crippen LogP contribution in [0.1, 0.15) is 19.3 Å². The SMILES string of the molecule is COC1CCN(C(CN)C2CCCOC2)C1. The van der Waals surface area contributed by atoms with Crippen LogP contribution in [0.4, 0.5) is 0 Å². The topological polar surface area (TPSA) is 47.7 Å². The minimum atomic E-state index is 0.401. The first-order chi connectivity index (χ1) is 7.85. The Kier molecular flexibility index (Phi) is 4.58. The standard InChI is InChI=1S/C12H24N2O2/c1-15-11-4-5-14(8-11)12(7-13)10-3-2-6-16-9-10/h10-12H,2-9,13H2,1H3. The molecule has 4 nitrogen and oxygen atoms in total. The van der Waals surface area contributed by atoms with Crippen LogP contribution in [-0.2, 0) is 9.47 Å². The maximum atomic E-state index is 5.93. The van der Waals surface area contributed by atoms with E-state index in [4.69, 9.17) is 15.2 Å². The highest BCUT2D eigenvalue weighted by Crippen LogP contribution is 2.24. The molecule has 2 fully saturated rings. The van der Waals surface area contributed by atoms with Gasteiger partial charge in [0, 0.05) is 39.4 Å². The zero-order valence-electron chi connectivity index (χ0n) is 10.2. The van der Waals surface area contributed by atoms with Gasteiger partial charge in [0.2, 0.25) is 0 Å². The summed E-state index contributed by atoms with van der Waals surface area (Å²) in [7, 11) is 1.80. The fourth-order valence-electron chi connectivity index (χ4n) is 2.96. The van der Waals surface area contributed by atoms with Crippen molar-refractivity contribution in [3.63, 3.8) is 0 Å². The Morgan fingerprint density at radius 2 is 2.38 bits per heavy atom. The summed E-state index contributed by atoms with van der Waals surface area (Å²) in [6.45, 7) is 4.71. The molecule has 2 N–H and O–H groups in total. The molecule has 2 heterocycles. The molecule has 94 valence electrons. The van der Waals surface area contributed by atoms with Crippen LogP contribution in [0.25, 0.3) is 0 Å². The van der Waals surface area contributed by atoms with Crippen LogP contribution in [0.2, 0.25) is 0 Å². The molecule has 0 aromatic rings. The summed E-state index contributed by atoms with van der Waals surface area (Å²) in [4.78, 5) is 2.49. The quantitative estimate of drug-likeness (QED) is 0.759. The van der Waals surface area contributed by atoms with E-state index in [1.807, 2.05) is 0 Å². The largest absolute Gasteiger partial charge is 0.381 e. The van der Waals surface area contributed by atoms with Gasteiger partial charge in [-0.3, -0.25) is 4.90 Å². The average Bonchev–Trinajstić information content (AvgIpc) is 2.80. The summed E-state index contributed by atoms with van der Waals surface area (Å²) in [5.41, 5.74) is 5.93. The number of nitrogens with zero attached hydrogens (tertiary/aromatic N) is 1. The molecule has 0 aliphatic carbocycles. The smallest absolute Gasteiger partial charge is 0.0710 e. The first kappa shape index (κ1) is 12.3. The molecule has 2 rings (SSSR count). The number of likely N-dealkylation sites (tertiary alicyclic amines) is 1. The second-order valence-electron chi connectivity index (χ2n) is 4.92. The van der Waals surface area contributed by atoms with Gasteiger partial charge in [0.05, 0.1) is 12.7 Å². The van der Waals surface area contributed by atoms with Gasteiger partial charge in [-0.1, -0.05) is 0 Å². The van der Waals surface area contributed by atoms with Crippen molar-refractivity contribution in [3.8, 4) is 0 Å². The van der Waals surface area contributed by atoms with Gasteiger partial charge in [0.15, 0.2) is 0 Å². The molecule has 0 aromatic carbocycles. The van der Waals surface area contributed by atoms with Crippen molar-refractivity contribution < 1.29 is 9.47 Å². The van der Waals surface area contributed by atoms with Gasteiger partial charge in [0.25, 0.3) is 0 Å². The lowest BCUT2D eigenvalue weighted by Crippen LogP contribution is -2.47. The first-order valence-electron chi connectivity index (χ1n) is 6.39. The van der Waals surface area contributed by atoms with E-state index in [1.165, 1.54) is 12.8 Å². The van der Waals surface area contributed by atoms with Crippen molar-refractivity contribution in [1.82, 2.24) is 4.90 Å². The van der Waals surface area contributed by atoms with E-state index >= 15 is 0 Å². The van der Waals surface area contributed by atoms with Crippen LogP contribution in [0, 0.1) is 5.92 Å². The summed E-state index contributed by atoms with van der Waals surface area (Å²) in [5.74, 6) is 0.620. The fourth-order valence-corrected chi connectivity index (χ4v) is 2.96. The maximum Gasteiger partial charge on any atom is 0.0710 e. The molecular formula is C12H24N2O2. The average molecular weight is 228 g/mol. The summed E-state index contributed by atoms with van der Waals surface area (Å²) in [6, 6.07) is 0.487. The minimum Gasteiger partial charge on any atom is -0.381 e. The third-order valence-corrected chi connectivity index (χ3v) is 3.96. The van der Waals surface area contributed by atoms with Crippen LogP contribution in [0.3, 0.4) is 0 Å². The van der Waals surface area contributed by atoms with Gasteiger partial charge < -0.3 is 15.2 Å². The predicted molar refractivity (Wildman–Crippen MR) is 63.4 cm³/mol. The van der Waals surface area contributed by atoms with E-state index in [0.29, 0.717) is 18.1 Å². The number of hydrogen-bond donors (Lipinski definition) is 1. The Morgan fingerprint density at radius 3 is 2.94 bits per heavy atom. The van der Waals surface area contributed by atoms with Crippen LogP contribution in [-0.4, -0.2) is 57.0 Å². The van der Waals surface area contributed by atoms with E-state index in [-0.39, 0.29) is 0 Å². The zero-order chi connectivity index (χ0) is 11.4. The number of rotatable bonds is 4. The molecule has 0 amide bonds. The van der Waals surface area contributed by atoms with Crippen molar-refractivity contribution in [2.75, 3.05) is 40.0 Å². The molecule has 0 bridgehead atoms. The Labute approximate surface area is 98.1 Å². The lowest BCUT2D eigenvalue weighted by Gasteiger charge is -2.35.